The molecule has 1 saturated heterocycles. The zero-order valence-electron chi connectivity index (χ0n) is 12.7. The minimum atomic E-state index is -0.682. The van der Waals surface area contributed by atoms with Gasteiger partial charge in [0.2, 0.25) is 5.91 Å². The smallest absolute Gasteiger partial charge is 0.237 e. The Morgan fingerprint density at radius 3 is 2.64 bits per heavy atom. The second-order valence-electron chi connectivity index (χ2n) is 6.47. The summed E-state index contributed by atoms with van der Waals surface area (Å²) >= 11 is 0. The van der Waals surface area contributed by atoms with Gasteiger partial charge >= 0.3 is 0 Å². The number of carbonyl (C=O) groups excluding carboxylic acids is 1. The summed E-state index contributed by atoms with van der Waals surface area (Å²) in [5.74, 6) is -0.851. The van der Waals surface area contributed by atoms with Crippen molar-refractivity contribution < 1.29 is 13.6 Å². The van der Waals surface area contributed by atoms with Gasteiger partial charge in [0.15, 0.2) is 0 Å². The predicted molar refractivity (Wildman–Crippen MR) is 80.2 cm³/mol. The fourth-order valence-corrected chi connectivity index (χ4v) is 3.83. The van der Waals surface area contributed by atoms with E-state index in [4.69, 9.17) is 0 Å². The quantitative estimate of drug-likeness (QED) is 0.901. The minimum Gasteiger partial charge on any atom is -0.348 e. The lowest BCUT2D eigenvalue weighted by atomic mass is 9.85. The summed E-state index contributed by atoms with van der Waals surface area (Å²) in [5.41, 5.74) is -0.0775. The number of amides is 1. The lowest BCUT2D eigenvalue weighted by Crippen LogP contribution is -2.44. The van der Waals surface area contributed by atoms with E-state index >= 15 is 0 Å². The van der Waals surface area contributed by atoms with E-state index in [0.717, 1.165) is 12.8 Å². The summed E-state index contributed by atoms with van der Waals surface area (Å²) in [6, 6.07) is 3.24. The average molecular weight is 308 g/mol. The van der Waals surface area contributed by atoms with Crippen molar-refractivity contribution in [1.29, 1.82) is 0 Å². The van der Waals surface area contributed by atoms with Crippen LogP contribution in [0.25, 0.3) is 0 Å². The second-order valence-corrected chi connectivity index (χ2v) is 6.47. The van der Waals surface area contributed by atoms with Crippen molar-refractivity contribution in [3.05, 3.63) is 35.4 Å². The van der Waals surface area contributed by atoms with E-state index < -0.39 is 17.7 Å². The molecule has 1 aliphatic carbocycles. The number of halogens is 2. The van der Waals surface area contributed by atoms with E-state index in [1.54, 1.807) is 6.92 Å². The summed E-state index contributed by atoms with van der Waals surface area (Å²) < 4.78 is 27.5. The monoisotopic (exact) mass is 308 g/mol. The zero-order valence-corrected chi connectivity index (χ0v) is 12.7. The highest BCUT2D eigenvalue weighted by molar-refractivity contribution is 5.82. The Kier molecular flexibility index (Phi) is 4.43. The van der Waals surface area contributed by atoms with Gasteiger partial charge in [-0.2, -0.15) is 0 Å². The highest BCUT2D eigenvalue weighted by Gasteiger charge is 2.38. The molecule has 3 rings (SSSR count). The molecule has 1 heterocycles. The lowest BCUT2D eigenvalue weighted by Gasteiger charge is -2.24. The summed E-state index contributed by atoms with van der Waals surface area (Å²) in [4.78, 5) is 12.4. The van der Waals surface area contributed by atoms with E-state index in [0.29, 0.717) is 12.0 Å². The molecule has 4 atom stereocenters. The largest absolute Gasteiger partial charge is 0.348 e. The number of nitrogens with one attached hydrogen (secondary N) is 2. The van der Waals surface area contributed by atoms with Crippen LogP contribution in [0.3, 0.4) is 0 Å². The third kappa shape index (κ3) is 3.00. The van der Waals surface area contributed by atoms with Crippen molar-refractivity contribution in [3.8, 4) is 0 Å². The van der Waals surface area contributed by atoms with Gasteiger partial charge in [0.25, 0.3) is 0 Å². The first-order valence-corrected chi connectivity index (χ1v) is 8.06. The Bertz CT molecular complexity index is 529. The topological polar surface area (TPSA) is 41.1 Å². The standard InChI is InChI=1S/C17H22F2N2O/c1-10(16-12(18)6-4-7-13(16)19)20-17(22)15-9-11-5-2-3-8-14(11)21-15/h4,6-7,10-11,14-15,21H,2-3,5,8-9H2,1H3,(H,20,22). The van der Waals surface area contributed by atoms with Crippen LogP contribution in [0.1, 0.15) is 50.6 Å². The maximum absolute atomic E-state index is 13.8. The Morgan fingerprint density at radius 1 is 1.27 bits per heavy atom. The van der Waals surface area contributed by atoms with Gasteiger partial charge in [0.1, 0.15) is 11.6 Å². The summed E-state index contributed by atoms with van der Waals surface area (Å²) in [6.07, 6.45) is 5.54. The lowest BCUT2D eigenvalue weighted by molar-refractivity contribution is -0.123. The third-order valence-electron chi connectivity index (χ3n) is 4.97. The van der Waals surface area contributed by atoms with Gasteiger partial charge in [-0.05, 0) is 44.2 Å². The molecule has 120 valence electrons. The summed E-state index contributed by atoms with van der Waals surface area (Å²) in [7, 11) is 0. The Balaban J connectivity index is 1.64. The normalized spacial score (nSPS) is 29.0. The first kappa shape index (κ1) is 15.4. The third-order valence-corrected chi connectivity index (χ3v) is 4.97. The Morgan fingerprint density at radius 2 is 1.95 bits per heavy atom. The SMILES string of the molecule is CC(NC(=O)C1CC2CCCCC2N1)c1c(F)cccc1F. The van der Waals surface area contributed by atoms with Crippen molar-refractivity contribution in [2.24, 2.45) is 5.92 Å². The maximum atomic E-state index is 13.8. The van der Waals surface area contributed by atoms with Crippen LogP contribution in [-0.2, 0) is 4.79 Å². The molecule has 2 fully saturated rings. The fraction of sp³-hybridized carbons (Fsp3) is 0.588. The van der Waals surface area contributed by atoms with Gasteiger partial charge in [0, 0.05) is 11.6 Å². The van der Waals surface area contributed by atoms with E-state index in [-0.39, 0.29) is 17.5 Å². The van der Waals surface area contributed by atoms with Crippen LogP contribution >= 0.6 is 0 Å². The molecule has 0 aromatic heterocycles. The molecular weight excluding hydrogens is 286 g/mol. The van der Waals surface area contributed by atoms with Gasteiger partial charge < -0.3 is 10.6 Å². The first-order valence-electron chi connectivity index (χ1n) is 8.06. The summed E-state index contributed by atoms with van der Waals surface area (Å²) in [5, 5.41) is 6.13. The van der Waals surface area contributed by atoms with Crippen LogP contribution in [0.15, 0.2) is 18.2 Å². The molecular formula is C17H22F2N2O. The molecule has 3 nitrogen and oxygen atoms in total. The first-order chi connectivity index (χ1) is 10.6. The molecule has 0 bridgehead atoms. The van der Waals surface area contributed by atoms with E-state index in [1.165, 1.54) is 37.5 Å². The van der Waals surface area contributed by atoms with E-state index in [1.807, 2.05) is 0 Å². The molecule has 2 aliphatic rings. The van der Waals surface area contributed by atoms with Crippen molar-refractivity contribution >= 4 is 5.91 Å². The van der Waals surface area contributed by atoms with Crippen LogP contribution in [0.4, 0.5) is 8.78 Å². The molecule has 1 aromatic carbocycles. The van der Waals surface area contributed by atoms with Crippen molar-refractivity contribution in [2.75, 3.05) is 0 Å². The highest BCUT2D eigenvalue weighted by atomic mass is 19.1. The number of fused-ring (bicyclic) bond motifs is 1. The van der Waals surface area contributed by atoms with Crippen LogP contribution in [0.2, 0.25) is 0 Å². The fourth-order valence-electron chi connectivity index (χ4n) is 3.83. The molecule has 1 saturated carbocycles. The molecule has 1 amide bonds. The van der Waals surface area contributed by atoms with Gasteiger partial charge in [-0.3, -0.25) is 4.79 Å². The van der Waals surface area contributed by atoms with Crippen LogP contribution in [0.5, 0.6) is 0 Å². The number of carbonyl (C=O) groups is 1. The summed E-state index contributed by atoms with van der Waals surface area (Å²) in [6.45, 7) is 1.61. The number of hydrogen-bond acceptors (Lipinski definition) is 2. The number of benzene rings is 1. The van der Waals surface area contributed by atoms with Crippen molar-refractivity contribution in [1.82, 2.24) is 10.6 Å². The maximum Gasteiger partial charge on any atom is 0.237 e. The molecule has 1 aromatic rings. The van der Waals surface area contributed by atoms with E-state index in [2.05, 4.69) is 10.6 Å². The zero-order chi connectivity index (χ0) is 15.7. The highest BCUT2D eigenvalue weighted by Crippen LogP contribution is 2.33. The molecule has 5 heteroatoms. The van der Waals surface area contributed by atoms with Gasteiger partial charge in [-0.15, -0.1) is 0 Å². The number of rotatable bonds is 3. The molecule has 22 heavy (non-hydrogen) atoms. The van der Waals surface area contributed by atoms with Gasteiger partial charge in [0.05, 0.1) is 12.1 Å². The van der Waals surface area contributed by atoms with Gasteiger partial charge in [-0.25, -0.2) is 8.78 Å². The van der Waals surface area contributed by atoms with Crippen molar-refractivity contribution in [2.45, 2.75) is 57.2 Å². The Labute approximate surface area is 129 Å². The molecule has 2 N–H and O–H groups in total. The van der Waals surface area contributed by atoms with Gasteiger partial charge in [-0.1, -0.05) is 18.9 Å². The predicted octanol–water partition coefficient (Wildman–Crippen LogP) is 3.06. The molecule has 0 spiro atoms. The minimum absolute atomic E-state index is 0.0775. The van der Waals surface area contributed by atoms with Crippen LogP contribution < -0.4 is 10.6 Å². The second kappa shape index (κ2) is 6.32. The van der Waals surface area contributed by atoms with Crippen molar-refractivity contribution in [3.63, 3.8) is 0 Å². The van der Waals surface area contributed by atoms with E-state index in [9.17, 15) is 13.6 Å². The molecule has 4 unspecified atom stereocenters. The number of hydrogen-bond donors (Lipinski definition) is 2. The molecule has 1 aliphatic heterocycles. The average Bonchev–Trinajstić information content (AvgIpc) is 2.91. The van der Waals surface area contributed by atoms with Crippen LogP contribution in [-0.4, -0.2) is 18.0 Å². The molecule has 0 radical (unpaired) electrons. The van der Waals surface area contributed by atoms with Crippen LogP contribution in [0, 0.1) is 17.6 Å². The Hall–Kier alpha value is -1.49.